The zero-order valence-electron chi connectivity index (χ0n) is 53.4. The molecule has 14 heteroatoms. The molecule has 2 aromatic carbocycles. The molecule has 2 aliphatic rings. The van der Waals surface area contributed by atoms with Crippen molar-refractivity contribution < 1.29 is 23.9 Å². The lowest BCUT2D eigenvalue weighted by molar-refractivity contribution is -0.122. The van der Waals surface area contributed by atoms with Gasteiger partial charge < -0.3 is 25.5 Å². The van der Waals surface area contributed by atoms with E-state index >= 15 is 0 Å². The number of aliphatic hydroxyl groups excluding tert-OH is 1. The Balaban J connectivity index is 0.000000626. The van der Waals surface area contributed by atoms with Crippen LogP contribution in [0, 0.1) is 18.7 Å². The molecule has 1 aromatic heterocycles. The Hall–Kier alpha value is -5.67. The van der Waals surface area contributed by atoms with E-state index in [1.807, 2.05) is 39.8 Å². The summed E-state index contributed by atoms with van der Waals surface area (Å²) in [5.41, 5.74) is 12.5. The van der Waals surface area contributed by atoms with Crippen molar-refractivity contribution in [3.63, 3.8) is 0 Å². The van der Waals surface area contributed by atoms with E-state index in [1.54, 1.807) is 49.3 Å². The van der Waals surface area contributed by atoms with Gasteiger partial charge in [0.2, 0.25) is 5.91 Å². The highest BCUT2D eigenvalue weighted by Crippen LogP contribution is 2.34. The minimum Gasteiger partial charge on any atom is -0.388 e. The highest BCUT2D eigenvalue weighted by Gasteiger charge is 2.25. The highest BCUT2D eigenvalue weighted by atomic mass is 19.1. The van der Waals surface area contributed by atoms with Gasteiger partial charge in [-0.1, -0.05) is 112 Å². The molecule has 13 nitrogen and oxygen atoms in total. The summed E-state index contributed by atoms with van der Waals surface area (Å²) < 4.78 is 16.4. The summed E-state index contributed by atoms with van der Waals surface area (Å²) in [5.74, 6) is 0.373. The maximum absolute atomic E-state index is 14.9. The molecule has 0 aliphatic carbocycles. The van der Waals surface area contributed by atoms with Crippen LogP contribution in [-0.2, 0) is 16.1 Å². The number of anilines is 3. The van der Waals surface area contributed by atoms with Crippen LogP contribution in [0.4, 0.5) is 21.5 Å². The molecule has 0 fully saturated rings. The number of aliphatic hydroxyl groups is 1. The molecule has 0 saturated heterocycles. The second-order valence-corrected chi connectivity index (χ2v) is 20.9. The maximum Gasteiger partial charge on any atom is 0.257 e. The molecule has 2 aliphatic heterocycles. The number of pyridine rings is 1. The van der Waals surface area contributed by atoms with Gasteiger partial charge in [0.25, 0.3) is 5.56 Å². The van der Waals surface area contributed by atoms with Gasteiger partial charge in [-0.2, -0.15) is 0 Å². The molecule has 454 valence electrons. The lowest BCUT2D eigenvalue weighted by Crippen LogP contribution is -2.41. The lowest BCUT2D eigenvalue weighted by Gasteiger charge is -2.36. The fourth-order valence-corrected chi connectivity index (χ4v) is 9.79. The van der Waals surface area contributed by atoms with Crippen LogP contribution < -0.4 is 26.6 Å². The Morgan fingerprint density at radius 2 is 1.68 bits per heavy atom. The number of aromatic nitrogens is 1. The average Bonchev–Trinajstić information content (AvgIpc) is 3.50. The topological polar surface area (TPSA) is 144 Å². The molecule has 0 bridgehead atoms. The molecule has 3 atom stereocenters. The molecular formula is C67H109FN8O5. The zero-order chi connectivity index (χ0) is 61.0. The highest BCUT2D eigenvalue weighted by molar-refractivity contribution is 5.95. The van der Waals surface area contributed by atoms with Crippen LogP contribution in [0.5, 0.6) is 0 Å². The van der Waals surface area contributed by atoms with E-state index in [4.69, 9.17) is 9.94 Å². The van der Waals surface area contributed by atoms with E-state index in [2.05, 4.69) is 136 Å². The quantitative estimate of drug-likeness (QED) is 0.0265. The Morgan fingerprint density at radius 3 is 2.20 bits per heavy atom. The molecular weight excluding hydrogens is 1020 g/mol. The number of amides is 1. The van der Waals surface area contributed by atoms with E-state index in [-0.39, 0.29) is 42.1 Å². The first-order valence-electron chi connectivity index (χ1n) is 30.4. The first-order valence-corrected chi connectivity index (χ1v) is 30.4. The lowest BCUT2D eigenvalue weighted by atomic mass is 9.92. The second-order valence-electron chi connectivity index (χ2n) is 20.9. The van der Waals surface area contributed by atoms with E-state index in [1.165, 1.54) is 75.9 Å². The maximum atomic E-state index is 14.9. The third kappa shape index (κ3) is 25.2. The van der Waals surface area contributed by atoms with E-state index in [9.17, 15) is 18.8 Å². The van der Waals surface area contributed by atoms with Crippen LogP contribution in [0.25, 0.3) is 11.3 Å². The molecule has 5 rings (SSSR count). The summed E-state index contributed by atoms with van der Waals surface area (Å²) in [4.78, 5) is 51.9. The number of ketones is 1. The van der Waals surface area contributed by atoms with Gasteiger partial charge in [0.1, 0.15) is 12.5 Å². The molecule has 1 amide bonds. The number of Topliss-reactive ketones (excluding diaryl/α,β-unsaturated/α-hetero) is 1. The minimum atomic E-state index is -0.344. The summed E-state index contributed by atoms with van der Waals surface area (Å²) in [7, 11) is 3.45. The van der Waals surface area contributed by atoms with E-state index in [0.717, 1.165) is 78.8 Å². The number of nitrogens with zero attached hydrogens (tertiary/aromatic N) is 5. The molecule has 3 unspecified atom stereocenters. The normalized spacial score (nSPS) is 15.0. The SMILES string of the molecule is C=C(/C=C(\C)C(C)N1CC=C(c2c(C)cc(C(C)=O)cc2F)CC1)/C(=C\C=NC)n1ccc(NC)cc1=O.CC.CCCC(CCC)CN(CCC)C(C)CC.CCCCC(=O)NCO.CCCN1c2cc(CC)ccc2NOC1C. The third-order valence-corrected chi connectivity index (χ3v) is 14.7. The minimum absolute atomic E-state index is 0.0700. The van der Waals surface area contributed by atoms with Crippen molar-refractivity contribution in [1.82, 2.24) is 19.7 Å². The van der Waals surface area contributed by atoms with Gasteiger partial charge in [0.15, 0.2) is 12.0 Å². The Bertz CT molecular complexity index is 2490. The monoisotopic (exact) mass is 1120 g/mol. The second kappa shape index (κ2) is 41.3. The van der Waals surface area contributed by atoms with Crippen LogP contribution in [0.3, 0.4) is 0 Å². The zero-order valence-corrected chi connectivity index (χ0v) is 53.4. The van der Waals surface area contributed by atoms with Crippen molar-refractivity contribution in [2.24, 2.45) is 10.9 Å². The van der Waals surface area contributed by atoms with Gasteiger partial charge in [0, 0.05) is 94.1 Å². The molecule has 81 heavy (non-hydrogen) atoms. The molecule has 3 heterocycles. The third-order valence-electron chi connectivity index (χ3n) is 14.7. The summed E-state index contributed by atoms with van der Waals surface area (Å²) in [6, 6.07) is 13.9. The number of unbranched alkanes of at least 4 members (excludes halogenated alkanes) is 1. The number of hydrogen-bond acceptors (Lipinski definition) is 11. The average molecular weight is 1130 g/mol. The number of fused-ring (bicyclic) bond motifs is 1. The number of aliphatic imine (C=N–C) groups is 1. The smallest absolute Gasteiger partial charge is 0.257 e. The summed E-state index contributed by atoms with van der Waals surface area (Å²) >= 11 is 0. The van der Waals surface area contributed by atoms with Crippen molar-refractivity contribution in [3.8, 4) is 0 Å². The predicted octanol–water partition coefficient (Wildman–Crippen LogP) is 14.9. The first kappa shape index (κ1) is 73.3. The molecule has 0 spiro atoms. The Morgan fingerprint density at radius 1 is 0.988 bits per heavy atom. The summed E-state index contributed by atoms with van der Waals surface area (Å²) in [6.45, 7) is 40.7. The summed E-state index contributed by atoms with van der Waals surface area (Å²) in [6.07, 6.45) is 22.7. The van der Waals surface area contributed by atoms with Crippen molar-refractivity contribution >= 4 is 46.2 Å². The van der Waals surface area contributed by atoms with Crippen molar-refractivity contribution in [3.05, 3.63) is 123 Å². The number of nitrogens with one attached hydrogen (secondary N) is 3. The fourth-order valence-electron chi connectivity index (χ4n) is 9.79. The number of hydrogen-bond donors (Lipinski definition) is 4. The Labute approximate surface area is 490 Å². The molecule has 4 N–H and O–H groups in total. The van der Waals surface area contributed by atoms with Crippen LogP contribution in [0.15, 0.2) is 94.4 Å². The Kier molecular flexibility index (Phi) is 37.4. The van der Waals surface area contributed by atoms with Gasteiger partial charge in [-0.25, -0.2) is 4.39 Å². The number of halogens is 1. The van der Waals surface area contributed by atoms with Gasteiger partial charge in [-0.3, -0.25) is 39.2 Å². The van der Waals surface area contributed by atoms with E-state index < -0.39 is 0 Å². The first-order chi connectivity index (χ1) is 38.8. The van der Waals surface area contributed by atoms with Crippen molar-refractivity contribution in [1.29, 1.82) is 0 Å². The van der Waals surface area contributed by atoms with Gasteiger partial charge in [-0.05, 0) is 164 Å². The standard InChI is InChI=1S/C31H37FN4O2.C15H33N.C13H20N2O.C6H13NO2.C2H6/c1-20(16-21(2)29(8-12-33-6)36-15-11-27(34-7)19-30(36)38)23(4)35-13-9-25(10-14-35)31-22(3)17-26(24(5)37)18-28(31)32;1-6-10-15(11-7-2)13-16(12-8-3)14(5)9-4;1-4-8-15-10(3)16-14-12-7-6-11(5-2)9-13(12)15;1-2-3-4-6(9)7-5-8;1-2/h8-9,11-12,15-19,23,34H,2,10,13-14H2,1,3-7H3;14-15H,6-13H2,1-5H3;6-7,9-10,14H,4-5,8H2,1-3H3;8H,2-5H2,1H3,(H,7,9);1-2H3/b20-16+,29-8+,33-12?;;;;. The molecule has 0 radical (unpaired) electrons. The molecule has 3 aromatic rings. The summed E-state index contributed by atoms with van der Waals surface area (Å²) in [5, 5.41) is 13.5. The number of allylic oxidation sites excluding steroid dienone is 4. The number of carbonyl (C=O) groups excluding carboxylic acids is 2. The number of benzene rings is 2. The van der Waals surface area contributed by atoms with E-state index in [0.29, 0.717) is 41.8 Å². The van der Waals surface area contributed by atoms with Crippen LogP contribution in [-0.4, -0.2) is 109 Å². The number of rotatable bonds is 26. The van der Waals surface area contributed by atoms with Crippen LogP contribution >= 0.6 is 0 Å². The predicted molar refractivity (Wildman–Crippen MR) is 345 cm³/mol. The van der Waals surface area contributed by atoms with Crippen molar-refractivity contribution in [2.45, 2.75) is 199 Å². The largest absolute Gasteiger partial charge is 0.388 e. The molecule has 0 saturated carbocycles. The van der Waals surface area contributed by atoms with Gasteiger partial charge in [-0.15, -0.1) is 0 Å². The van der Waals surface area contributed by atoms with Gasteiger partial charge in [0.05, 0.1) is 17.1 Å². The fraction of sp³-hybridized carbons (Fsp3) is 0.582. The van der Waals surface area contributed by atoms with Crippen molar-refractivity contribution in [2.75, 3.05) is 69.2 Å². The van der Waals surface area contributed by atoms with Gasteiger partial charge >= 0.3 is 0 Å². The van der Waals surface area contributed by atoms with Crippen LogP contribution in [0.2, 0.25) is 0 Å². The number of aryl methyl sites for hydroxylation is 2. The number of carbonyl (C=O) groups is 2. The van der Waals surface area contributed by atoms with Crippen LogP contribution in [0.1, 0.15) is 195 Å².